The summed E-state index contributed by atoms with van der Waals surface area (Å²) in [5, 5.41) is 0. The average Bonchev–Trinajstić information content (AvgIpc) is 0. The van der Waals surface area contributed by atoms with Gasteiger partial charge < -0.3 is 241 Å². The first-order valence-corrected chi connectivity index (χ1v) is 0. The molecule has 0 aromatic carbocycles. The standard InChI is InChI=1S/2Na.44H2O.H3P.13W/h;;44*1H2;1H3;;;;;;;;;;;;;/q2*+1;;;;;;;;;;;;;;;;;;;;;;;;;;;;;;;;;;;;;;;;;;;;;;;;;;;;;;;;;;/p-2. The van der Waals surface area contributed by atoms with Crippen molar-refractivity contribution in [2.24, 2.45) is 0 Å². The molecule has 0 aromatic heterocycles. The molecule has 0 rings (SSSR count). The van der Waals surface area contributed by atoms with Gasteiger partial charge in [0, 0.05) is 274 Å². The molecule has 0 aliphatic rings. The van der Waals surface area contributed by atoms with E-state index in [1.807, 2.05) is 0 Å². The molecule has 44 nitrogen and oxygen atoms in total. The summed E-state index contributed by atoms with van der Waals surface area (Å²) >= 11 is 0. The molecule has 0 saturated carbocycles. The topological polar surface area (TPSA) is 1380 Å². The van der Waals surface area contributed by atoms with Crippen molar-refractivity contribution in [3.05, 3.63) is 0 Å². The first-order valence-electron chi connectivity index (χ1n) is 0. The van der Waals surface area contributed by atoms with Crippen LogP contribution in [-0.2, 0) is 274 Å². The summed E-state index contributed by atoms with van der Waals surface area (Å²) in [7, 11) is 0. The van der Waals surface area contributed by atoms with E-state index >= 15 is 0 Å². The predicted octanol–water partition coefficient (Wildman–Crippen LogP) is -41.0. The van der Waals surface area contributed by atoms with E-state index in [1.165, 1.54) is 0 Å². The Hall–Kier alpha value is 9.62. The van der Waals surface area contributed by atoms with E-state index in [4.69, 9.17) is 0 Å². The summed E-state index contributed by atoms with van der Waals surface area (Å²) in [5.41, 5.74) is 0. The van der Waals surface area contributed by atoms with Crippen molar-refractivity contribution in [1.82, 2.24) is 0 Å². The Labute approximate surface area is 574 Å². The molecule has 0 saturated heterocycles. The summed E-state index contributed by atoms with van der Waals surface area (Å²) in [4.78, 5) is 0. The van der Waals surface area contributed by atoms with Crippen LogP contribution in [0.15, 0.2) is 0 Å². The largest absolute Gasteiger partial charge is 1.00 e. The monoisotopic (exact) mass is 3260 g/mol. The van der Waals surface area contributed by atoms with Crippen molar-refractivity contribution in [3.63, 3.8) is 0 Å². The smallest absolute Gasteiger partial charge is 0.870 e. The van der Waals surface area contributed by atoms with E-state index in [2.05, 4.69) is 0 Å². The summed E-state index contributed by atoms with van der Waals surface area (Å²) in [6, 6.07) is 0. The normalized spacial score (nSPS) is 0. The third-order valence-electron chi connectivity index (χ3n) is 0. The van der Waals surface area contributed by atoms with Crippen LogP contribution in [0.25, 0.3) is 0 Å². The van der Waals surface area contributed by atoms with Crippen LogP contribution in [0.4, 0.5) is 0 Å². The Kier molecular flexibility index (Phi) is 200000. The zero-order valence-corrected chi connectivity index (χ0v) is 73.5. The maximum absolute atomic E-state index is 0. The third-order valence-corrected chi connectivity index (χ3v) is 0. The van der Waals surface area contributed by atoms with E-state index < -0.39 is 0 Å². The first-order chi connectivity index (χ1) is 0. The van der Waals surface area contributed by atoms with Crippen LogP contribution in [0.3, 0.4) is 0 Å². The van der Waals surface area contributed by atoms with Crippen molar-refractivity contribution in [2.75, 3.05) is 0 Å². The van der Waals surface area contributed by atoms with Gasteiger partial charge in [0.2, 0.25) is 0 Å². The molecule has 0 fully saturated rings. The molecular formula is H89Na2O44PW13. The fourth-order valence-corrected chi connectivity index (χ4v) is 0. The van der Waals surface area contributed by atoms with Gasteiger partial charge in [-0.05, 0) is 0 Å². The van der Waals surface area contributed by atoms with E-state index in [1.54, 1.807) is 0 Å². The molecular weight excluding hydrogens is 3170 g/mol. The number of rotatable bonds is 0. The molecule has 438 valence electrons. The van der Waals surface area contributed by atoms with Gasteiger partial charge in [0.05, 0.1) is 0 Å². The summed E-state index contributed by atoms with van der Waals surface area (Å²) in [6.07, 6.45) is 0. The predicted molar refractivity (Wildman–Crippen MR) is 167 cm³/mol. The Bertz CT molecular complexity index is 64.1. The second-order valence-electron chi connectivity index (χ2n) is 0. The number of hydrogen-bond acceptors (Lipinski definition) is 2. The molecule has 0 aliphatic heterocycles. The van der Waals surface area contributed by atoms with Crippen LogP contribution in [0.2, 0.25) is 0 Å². The maximum Gasteiger partial charge on any atom is 1.00 e. The van der Waals surface area contributed by atoms with Crippen LogP contribution in [0.1, 0.15) is 0 Å². The molecule has 0 aromatic rings. The summed E-state index contributed by atoms with van der Waals surface area (Å²) in [6.45, 7) is 0. The van der Waals surface area contributed by atoms with Gasteiger partial charge in [-0.25, -0.2) is 0 Å². The van der Waals surface area contributed by atoms with Gasteiger partial charge in [-0.15, -0.1) is 0 Å². The van der Waals surface area contributed by atoms with Gasteiger partial charge >= 0.3 is 59.1 Å². The van der Waals surface area contributed by atoms with E-state index in [0.29, 0.717) is 0 Å². The second-order valence-corrected chi connectivity index (χ2v) is 0. The Balaban J connectivity index is 0. The average molecular weight is 3260 g/mol. The quantitative estimate of drug-likeness (QED) is 0.169. The SMILES string of the molecule is O.O.O.O.O.O.O.O.O.O.O.O.O.O.O.O.O.O.O.O.O.O.O.O.O.O.O.O.O.O.O.O.O.O.O.O.O.O.O.O.O.O.P.[Na+].[Na+].[OH-].[OH-].[W].[W].[W].[W].[W].[W].[W].[W].[W].[W].[W].[W].[W]. The Morgan fingerprint density at radius 1 is 0.0833 bits per heavy atom. The Morgan fingerprint density at radius 2 is 0.0833 bits per heavy atom. The molecule has 86 N–H and O–H groups in total. The minimum Gasteiger partial charge on any atom is -0.870 e. The van der Waals surface area contributed by atoms with Crippen LogP contribution in [0, 0.1) is 0 Å². The van der Waals surface area contributed by atoms with E-state index in [9.17, 15) is 0 Å². The second kappa shape index (κ2) is 3390. The molecule has 1 atom stereocenters. The van der Waals surface area contributed by atoms with Gasteiger partial charge in [-0.3, -0.25) is 0 Å². The van der Waals surface area contributed by atoms with Crippen LogP contribution in [0.5, 0.6) is 0 Å². The van der Waals surface area contributed by atoms with Gasteiger partial charge in [-0.2, -0.15) is 9.90 Å². The van der Waals surface area contributed by atoms with Crippen molar-refractivity contribution < 1.29 is 574 Å². The van der Waals surface area contributed by atoms with Crippen molar-refractivity contribution in [2.45, 2.75) is 0 Å². The molecule has 0 aliphatic carbocycles. The minimum atomic E-state index is 0. The van der Waals surface area contributed by atoms with E-state index in [-0.39, 0.29) is 584 Å². The van der Waals surface area contributed by atoms with Crippen LogP contribution in [-0.4, -0.2) is 241 Å². The first kappa shape index (κ1) is 3540. The zero-order valence-electron chi connectivity index (χ0n) is 29.9. The van der Waals surface area contributed by atoms with Crippen LogP contribution < -0.4 is 59.1 Å². The molecule has 60 heavy (non-hydrogen) atoms. The molecule has 60 heteroatoms. The van der Waals surface area contributed by atoms with Crippen molar-refractivity contribution in [1.29, 1.82) is 0 Å². The zero-order chi connectivity index (χ0) is 0. The summed E-state index contributed by atoms with van der Waals surface area (Å²) < 4.78 is 0. The van der Waals surface area contributed by atoms with Crippen molar-refractivity contribution >= 4 is 9.90 Å². The molecule has 1 unspecified atom stereocenters. The van der Waals surface area contributed by atoms with Gasteiger partial charge in [0.25, 0.3) is 0 Å². The molecule has 0 bridgehead atoms. The molecule has 0 radical (unpaired) electrons. The molecule has 0 heterocycles. The summed E-state index contributed by atoms with van der Waals surface area (Å²) in [5.74, 6) is 0. The number of hydrogen-bond donors (Lipinski definition) is 0. The van der Waals surface area contributed by atoms with E-state index in [0.717, 1.165) is 0 Å². The van der Waals surface area contributed by atoms with Gasteiger partial charge in [-0.1, -0.05) is 0 Å². The maximum atomic E-state index is 0. The fourth-order valence-electron chi connectivity index (χ4n) is 0. The Morgan fingerprint density at radius 3 is 0.0833 bits per heavy atom. The van der Waals surface area contributed by atoms with Crippen LogP contribution >= 0.6 is 9.90 Å². The van der Waals surface area contributed by atoms with Crippen molar-refractivity contribution in [3.8, 4) is 0 Å². The van der Waals surface area contributed by atoms with Gasteiger partial charge in [0.1, 0.15) is 0 Å². The van der Waals surface area contributed by atoms with Gasteiger partial charge in [0.15, 0.2) is 0 Å². The molecule has 0 spiro atoms. The minimum absolute atomic E-state index is 0. The fraction of sp³-hybridized carbons (Fsp3) is 0. The molecule has 0 amide bonds. The third kappa shape index (κ3) is 3240.